The van der Waals surface area contributed by atoms with Crippen LogP contribution in [0.1, 0.15) is 27.3 Å². The molecule has 0 saturated heterocycles. The molecular weight excluding hydrogens is 378 g/mol. The van der Waals surface area contributed by atoms with Gasteiger partial charge in [0.2, 0.25) is 0 Å². The third-order valence-electron chi connectivity index (χ3n) is 5.74. The van der Waals surface area contributed by atoms with Crippen LogP contribution in [0.5, 0.6) is 0 Å². The number of nitrogens with zero attached hydrogens (tertiary/aromatic N) is 3. The molecule has 1 amide bonds. The molecule has 0 fully saturated rings. The van der Waals surface area contributed by atoms with Crippen molar-refractivity contribution in [2.45, 2.75) is 13.5 Å². The zero-order valence-corrected chi connectivity index (χ0v) is 17.2. The average Bonchev–Trinajstić information content (AvgIpc) is 3.45. The van der Waals surface area contributed by atoms with Crippen LogP contribution in [-0.2, 0) is 11.3 Å². The minimum absolute atomic E-state index is 0.00353. The normalized spacial score (nSPS) is 18.4. The Balaban J connectivity index is 1.63. The summed E-state index contributed by atoms with van der Waals surface area (Å²) in [7, 11) is 1.82. The second-order valence-electron chi connectivity index (χ2n) is 7.84. The summed E-state index contributed by atoms with van der Waals surface area (Å²) in [6.45, 7) is 4.94. The smallest absolute Gasteiger partial charge is 0.255 e. The Bertz CT molecular complexity index is 1140. The third-order valence-corrected chi connectivity index (χ3v) is 5.74. The van der Waals surface area contributed by atoms with Gasteiger partial charge in [0.05, 0.1) is 36.7 Å². The van der Waals surface area contributed by atoms with E-state index in [4.69, 9.17) is 4.74 Å². The Hall–Kier alpha value is -3.32. The fourth-order valence-corrected chi connectivity index (χ4v) is 4.13. The van der Waals surface area contributed by atoms with Gasteiger partial charge in [-0.1, -0.05) is 6.07 Å². The van der Waals surface area contributed by atoms with E-state index in [-0.39, 0.29) is 5.91 Å². The number of anilines is 1. The van der Waals surface area contributed by atoms with Gasteiger partial charge in [0.25, 0.3) is 5.91 Å². The van der Waals surface area contributed by atoms with Gasteiger partial charge in [-0.25, -0.2) is 0 Å². The molecule has 0 atom stereocenters. The van der Waals surface area contributed by atoms with E-state index in [9.17, 15) is 4.79 Å². The molecule has 2 bridgehead atoms. The predicted octanol–water partition coefficient (Wildman–Crippen LogP) is 3.25. The van der Waals surface area contributed by atoms with Crippen LogP contribution in [0.15, 0.2) is 36.5 Å². The molecule has 2 aliphatic heterocycles. The number of H-pyrrole nitrogens is 1. The van der Waals surface area contributed by atoms with Crippen LogP contribution >= 0.6 is 0 Å². The van der Waals surface area contributed by atoms with Crippen molar-refractivity contribution in [3.63, 3.8) is 0 Å². The molecule has 0 unspecified atom stereocenters. The van der Waals surface area contributed by atoms with E-state index in [0.29, 0.717) is 31.9 Å². The highest BCUT2D eigenvalue weighted by molar-refractivity contribution is 6.01. The number of benzene rings is 1. The molecule has 2 aliphatic rings. The van der Waals surface area contributed by atoms with Crippen molar-refractivity contribution in [2.75, 3.05) is 38.7 Å². The van der Waals surface area contributed by atoms with Crippen LogP contribution in [0.2, 0.25) is 0 Å². The molecule has 1 aromatic carbocycles. The van der Waals surface area contributed by atoms with Crippen LogP contribution in [0.25, 0.3) is 22.9 Å². The molecule has 0 aliphatic carbocycles. The van der Waals surface area contributed by atoms with Gasteiger partial charge in [-0.15, -0.1) is 0 Å². The fourth-order valence-electron chi connectivity index (χ4n) is 4.13. The van der Waals surface area contributed by atoms with Gasteiger partial charge < -0.3 is 19.9 Å². The maximum Gasteiger partial charge on any atom is 0.255 e. The number of carbonyl (C=O) groups is 1. The summed E-state index contributed by atoms with van der Waals surface area (Å²) >= 11 is 0. The van der Waals surface area contributed by atoms with Crippen LogP contribution in [0, 0.1) is 6.92 Å². The highest BCUT2D eigenvalue weighted by Crippen LogP contribution is 2.36. The average molecular weight is 403 g/mol. The van der Waals surface area contributed by atoms with Crippen molar-refractivity contribution < 1.29 is 9.53 Å². The van der Waals surface area contributed by atoms with E-state index in [1.807, 2.05) is 37.0 Å². The number of likely N-dealkylation sites (N-methyl/N-ethyl adjacent to an activating group) is 1. The lowest BCUT2D eigenvalue weighted by Gasteiger charge is -2.17. The molecule has 0 saturated carbocycles. The first-order chi connectivity index (χ1) is 14.6. The lowest BCUT2D eigenvalue weighted by molar-refractivity contribution is 0.0681. The number of aryl methyl sites for hydroxylation is 1. The van der Waals surface area contributed by atoms with Gasteiger partial charge in [-0.2, -0.15) is 5.10 Å². The predicted molar refractivity (Wildman–Crippen MR) is 117 cm³/mol. The van der Waals surface area contributed by atoms with E-state index in [0.717, 1.165) is 46.0 Å². The number of amides is 1. The summed E-state index contributed by atoms with van der Waals surface area (Å²) in [5.41, 5.74) is 8.12. The van der Waals surface area contributed by atoms with Gasteiger partial charge in [0, 0.05) is 48.8 Å². The summed E-state index contributed by atoms with van der Waals surface area (Å²) < 4.78 is 7.76. The lowest BCUT2D eigenvalue weighted by atomic mass is 10.0. The van der Waals surface area contributed by atoms with E-state index < -0.39 is 0 Å². The first-order valence-corrected chi connectivity index (χ1v) is 10.2. The molecule has 0 radical (unpaired) electrons. The van der Waals surface area contributed by atoms with E-state index >= 15 is 0 Å². The first kappa shape index (κ1) is 18.7. The number of carbonyl (C=O) groups excluding carboxylic acids is 1. The van der Waals surface area contributed by atoms with Crippen LogP contribution in [0.3, 0.4) is 0 Å². The summed E-state index contributed by atoms with van der Waals surface area (Å²) in [4.78, 5) is 18.1. The number of fused-ring (bicyclic) bond motifs is 4. The number of nitrogens with one attached hydrogen (secondary N) is 2. The summed E-state index contributed by atoms with van der Waals surface area (Å²) in [6, 6.07) is 10.4. The van der Waals surface area contributed by atoms with Crippen LogP contribution in [0.4, 0.5) is 5.69 Å². The monoisotopic (exact) mass is 403 g/mol. The standard InChI is InChI=1S/C23H25N5O2/c1-15-11-19-21(26-15)13-17-14-24-20-4-3-16(12-18(17)20)22-5-6-25-28(22)8-10-30-9-7-27(2)23(19)29/h3-6,11-13,24,26H,7-10,14H2,1-2H3/b17-13+. The van der Waals surface area contributed by atoms with E-state index in [1.165, 1.54) is 0 Å². The van der Waals surface area contributed by atoms with E-state index in [1.54, 1.807) is 4.90 Å². The Morgan fingerprint density at radius 2 is 1.97 bits per heavy atom. The van der Waals surface area contributed by atoms with Crippen molar-refractivity contribution in [3.8, 4) is 11.3 Å². The van der Waals surface area contributed by atoms with Crippen molar-refractivity contribution in [3.05, 3.63) is 59.0 Å². The maximum absolute atomic E-state index is 13.0. The number of aromatic nitrogens is 3. The van der Waals surface area contributed by atoms with Crippen molar-refractivity contribution >= 4 is 23.2 Å². The minimum Gasteiger partial charge on any atom is -0.380 e. The molecule has 30 heavy (non-hydrogen) atoms. The Labute approximate surface area is 175 Å². The second kappa shape index (κ2) is 7.50. The number of hydrogen-bond donors (Lipinski definition) is 2. The molecule has 2 N–H and O–H groups in total. The molecule has 2 aromatic heterocycles. The third kappa shape index (κ3) is 3.31. The number of ether oxygens (including phenoxy) is 1. The molecule has 7 nitrogen and oxygen atoms in total. The Morgan fingerprint density at radius 3 is 2.87 bits per heavy atom. The quantitative estimate of drug-likeness (QED) is 0.604. The molecular formula is C23H25N5O2. The maximum atomic E-state index is 13.0. The van der Waals surface area contributed by atoms with Gasteiger partial charge >= 0.3 is 0 Å². The summed E-state index contributed by atoms with van der Waals surface area (Å²) in [5.74, 6) is -0.00353. The highest BCUT2D eigenvalue weighted by Gasteiger charge is 2.21. The number of rotatable bonds is 0. The van der Waals surface area contributed by atoms with Crippen molar-refractivity contribution in [1.29, 1.82) is 0 Å². The number of aromatic amines is 1. The Kier molecular flexibility index (Phi) is 4.67. The van der Waals surface area contributed by atoms with Gasteiger partial charge in [-0.3, -0.25) is 9.48 Å². The zero-order valence-electron chi connectivity index (χ0n) is 17.2. The molecule has 3 aromatic rings. The highest BCUT2D eigenvalue weighted by atomic mass is 16.5. The lowest BCUT2D eigenvalue weighted by Crippen LogP contribution is -2.30. The van der Waals surface area contributed by atoms with E-state index in [2.05, 4.69) is 39.7 Å². The summed E-state index contributed by atoms with van der Waals surface area (Å²) in [6.07, 6.45) is 3.92. The fraction of sp³-hybridized carbons (Fsp3) is 0.304. The van der Waals surface area contributed by atoms with Gasteiger partial charge in [0.15, 0.2) is 0 Å². The molecule has 0 spiro atoms. The molecule has 4 heterocycles. The number of hydrogen-bond acceptors (Lipinski definition) is 4. The molecule has 5 rings (SSSR count). The molecule has 154 valence electrons. The van der Waals surface area contributed by atoms with Crippen LogP contribution < -0.4 is 5.32 Å². The van der Waals surface area contributed by atoms with Crippen molar-refractivity contribution in [2.24, 2.45) is 0 Å². The molecule has 7 heteroatoms. The van der Waals surface area contributed by atoms with Crippen LogP contribution in [-0.4, -0.2) is 58.9 Å². The minimum atomic E-state index is -0.00353. The zero-order chi connectivity index (χ0) is 20.7. The first-order valence-electron chi connectivity index (χ1n) is 10.2. The SMILES string of the molecule is Cc1cc2c([nH]1)/C=C1\CNc3ccc(cc31)-c1ccnn1CCOCCN(C)C2=O. The van der Waals surface area contributed by atoms with Gasteiger partial charge in [-0.05, 0) is 42.8 Å². The summed E-state index contributed by atoms with van der Waals surface area (Å²) in [5, 5.41) is 7.93. The topological polar surface area (TPSA) is 75.2 Å². The largest absolute Gasteiger partial charge is 0.380 e. The van der Waals surface area contributed by atoms with Gasteiger partial charge in [0.1, 0.15) is 0 Å². The van der Waals surface area contributed by atoms with Crippen molar-refractivity contribution in [1.82, 2.24) is 19.7 Å². The second-order valence-corrected chi connectivity index (χ2v) is 7.84. The Morgan fingerprint density at radius 1 is 1.10 bits per heavy atom.